The van der Waals surface area contributed by atoms with Crippen LogP contribution in [0, 0.1) is 6.92 Å². The van der Waals surface area contributed by atoms with Gasteiger partial charge in [-0.25, -0.2) is 8.42 Å². The van der Waals surface area contributed by atoms with Crippen LogP contribution < -0.4 is 14.4 Å². The van der Waals surface area contributed by atoms with Crippen LogP contribution in [0.25, 0.3) is 0 Å². The maximum Gasteiger partial charge on any atom is 0.264 e. The zero-order valence-corrected chi connectivity index (χ0v) is 29.9. The number of sulfonamides is 1. The van der Waals surface area contributed by atoms with E-state index in [2.05, 4.69) is 5.32 Å². The van der Waals surface area contributed by atoms with Crippen molar-refractivity contribution in [2.75, 3.05) is 17.5 Å². The number of ether oxygens (including phenoxy) is 1. The highest BCUT2D eigenvalue weighted by atomic mass is 35.5. The van der Waals surface area contributed by atoms with Gasteiger partial charge in [-0.1, -0.05) is 96.4 Å². The molecule has 2 atom stereocenters. The molecule has 48 heavy (non-hydrogen) atoms. The van der Waals surface area contributed by atoms with Crippen LogP contribution in [-0.4, -0.2) is 50.4 Å². The van der Waals surface area contributed by atoms with E-state index >= 15 is 0 Å². The van der Waals surface area contributed by atoms with Gasteiger partial charge in [0, 0.05) is 29.1 Å². The number of halogens is 2. The van der Waals surface area contributed by atoms with Crippen molar-refractivity contribution in [2.45, 2.75) is 64.1 Å². The van der Waals surface area contributed by atoms with Crippen molar-refractivity contribution >= 4 is 50.7 Å². The molecule has 0 aromatic heterocycles. The fraction of sp³-hybridized carbons (Fsp3) is 0.297. The Bertz CT molecular complexity index is 1800. The summed E-state index contributed by atoms with van der Waals surface area (Å²) in [5.41, 5.74) is 2.45. The van der Waals surface area contributed by atoms with Gasteiger partial charge in [0.05, 0.1) is 17.2 Å². The summed E-state index contributed by atoms with van der Waals surface area (Å²) < 4.78 is 35.6. The van der Waals surface area contributed by atoms with Crippen LogP contribution in [-0.2, 0) is 32.6 Å². The summed E-state index contributed by atoms with van der Waals surface area (Å²) in [6.07, 6.45) is 0.859. The highest BCUT2D eigenvalue weighted by Gasteiger charge is 2.36. The molecule has 0 aliphatic rings. The van der Waals surface area contributed by atoms with Crippen LogP contribution in [0.3, 0.4) is 0 Å². The average molecular weight is 711 g/mol. The number of benzene rings is 4. The Hall–Kier alpha value is -4.05. The normalized spacial score (nSPS) is 12.5. The van der Waals surface area contributed by atoms with E-state index in [9.17, 15) is 18.0 Å². The molecule has 2 amide bonds. The summed E-state index contributed by atoms with van der Waals surface area (Å²) in [4.78, 5) is 30.2. The minimum Gasteiger partial charge on any atom is -0.492 e. The SMILES string of the molecule is CCOc1ccccc1N(CC(=O)N(Cc1ccc(Cl)cc1Cl)[C@H](Cc1ccccc1)C(=O)N[C@@H](C)CC)S(=O)(=O)c1ccc(C)cc1. The molecule has 0 aliphatic carbocycles. The number of nitrogens with zero attached hydrogens (tertiary/aromatic N) is 2. The molecule has 254 valence electrons. The molecule has 0 bridgehead atoms. The van der Waals surface area contributed by atoms with E-state index in [0.29, 0.717) is 27.8 Å². The van der Waals surface area contributed by atoms with Gasteiger partial charge in [0.15, 0.2) is 0 Å². The molecule has 4 rings (SSSR count). The smallest absolute Gasteiger partial charge is 0.264 e. The van der Waals surface area contributed by atoms with Gasteiger partial charge in [0.25, 0.3) is 10.0 Å². The third-order valence-corrected chi connectivity index (χ3v) is 10.3. The van der Waals surface area contributed by atoms with E-state index in [0.717, 1.165) is 15.4 Å². The van der Waals surface area contributed by atoms with Gasteiger partial charge in [0.2, 0.25) is 11.8 Å². The predicted octanol–water partition coefficient (Wildman–Crippen LogP) is 7.45. The maximum atomic E-state index is 14.7. The number of carbonyl (C=O) groups is 2. The molecule has 0 spiro atoms. The molecular weight excluding hydrogens is 669 g/mol. The average Bonchev–Trinajstić information content (AvgIpc) is 3.07. The molecule has 1 N–H and O–H groups in total. The van der Waals surface area contributed by atoms with Crippen molar-refractivity contribution in [1.82, 2.24) is 10.2 Å². The molecule has 11 heteroatoms. The van der Waals surface area contributed by atoms with Gasteiger partial charge in [-0.2, -0.15) is 0 Å². The summed E-state index contributed by atoms with van der Waals surface area (Å²) in [6, 6.07) is 26.2. The molecule has 0 fully saturated rings. The Morgan fingerprint density at radius 3 is 2.21 bits per heavy atom. The largest absolute Gasteiger partial charge is 0.492 e. The second-order valence-electron chi connectivity index (χ2n) is 11.5. The van der Waals surface area contributed by atoms with Crippen molar-refractivity contribution in [3.63, 3.8) is 0 Å². The van der Waals surface area contributed by atoms with Crippen LogP contribution in [0.5, 0.6) is 5.75 Å². The second kappa shape index (κ2) is 16.9. The lowest BCUT2D eigenvalue weighted by atomic mass is 10.0. The van der Waals surface area contributed by atoms with Crippen molar-refractivity contribution in [2.24, 2.45) is 0 Å². The fourth-order valence-electron chi connectivity index (χ4n) is 5.12. The van der Waals surface area contributed by atoms with E-state index in [4.69, 9.17) is 27.9 Å². The minimum absolute atomic E-state index is 0.00912. The summed E-state index contributed by atoms with van der Waals surface area (Å²) in [5, 5.41) is 3.76. The molecular formula is C37H41Cl2N3O5S. The number of amides is 2. The monoisotopic (exact) mass is 709 g/mol. The quantitative estimate of drug-likeness (QED) is 0.138. The predicted molar refractivity (Wildman–Crippen MR) is 192 cm³/mol. The first-order chi connectivity index (χ1) is 22.9. The molecule has 0 saturated carbocycles. The Balaban J connectivity index is 1.86. The van der Waals surface area contributed by atoms with Crippen LogP contribution in [0.1, 0.15) is 43.9 Å². The second-order valence-corrected chi connectivity index (χ2v) is 14.2. The first kappa shape index (κ1) is 36.8. The zero-order chi connectivity index (χ0) is 34.8. The molecule has 4 aromatic carbocycles. The third kappa shape index (κ3) is 9.30. The van der Waals surface area contributed by atoms with E-state index in [-0.39, 0.29) is 42.1 Å². The van der Waals surface area contributed by atoms with Crippen LogP contribution >= 0.6 is 23.2 Å². The lowest BCUT2D eigenvalue weighted by Crippen LogP contribution is -2.54. The highest BCUT2D eigenvalue weighted by molar-refractivity contribution is 7.92. The van der Waals surface area contributed by atoms with Crippen molar-refractivity contribution in [1.29, 1.82) is 0 Å². The number of para-hydroxylation sites is 2. The molecule has 4 aromatic rings. The number of anilines is 1. The van der Waals surface area contributed by atoms with E-state index in [1.807, 2.05) is 51.1 Å². The first-order valence-electron chi connectivity index (χ1n) is 15.8. The number of aryl methyl sites for hydroxylation is 1. The number of hydrogen-bond donors (Lipinski definition) is 1. The summed E-state index contributed by atoms with van der Waals surface area (Å²) in [7, 11) is -4.29. The fourth-order valence-corrected chi connectivity index (χ4v) is 7.01. The Morgan fingerprint density at radius 2 is 1.56 bits per heavy atom. The summed E-state index contributed by atoms with van der Waals surface area (Å²) >= 11 is 12.8. The number of carbonyl (C=O) groups excluding carboxylic acids is 2. The Morgan fingerprint density at radius 1 is 0.896 bits per heavy atom. The van der Waals surface area contributed by atoms with Gasteiger partial charge in [0.1, 0.15) is 18.3 Å². The Kier molecular flexibility index (Phi) is 12.9. The molecule has 0 unspecified atom stereocenters. The van der Waals surface area contributed by atoms with Crippen molar-refractivity contribution in [3.05, 3.63) is 124 Å². The standard InChI is InChI=1S/C37H41Cl2N3O5S/c1-5-27(4)40-37(44)34(22-28-12-8-7-9-13-28)41(24-29-18-19-30(38)23-32(29)39)36(43)25-42(33-14-10-11-15-35(33)47-6-2)48(45,46)31-20-16-26(3)17-21-31/h7-21,23,27,34H,5-6,22,24-25H2,1-4H3,(H,40,44)/t27-,34+/m0/s1. The zero-order valence-electron chi connectivity index (χ0n) is 27.5. The van der Waals surface area contributed by atoms with Crippen molar-refractivity contribution in [3.8, 4) is 5.75 Å². The highest BCUT2D eigenvalue weighted by Crippen LogP contribution is 2.33. The molecule has 0 saturated heterocycles. The van der Waals surface area contributed by atoms with E-state index in [1.165, 1.54) is 17.0 Å². The Labute approximate surface area is 293 Å². The van der Waals surface area contributed by atoms with Crippen LogP contribution in [0.4, 0.5) is 5.69 Å². The number of hydrogen-bond acceptors (Lipinski definition) is 5. The molecule has 0 aliphatic heterocycles. The van der Waals surface area contributed by atoms with Crippen LogP contribution in [0.2, 0.25) is 10.0 Å². The van der Waals surface area contributed by atoms with Gasteiger partial charge in [-0.3, -0.25) is 13.9 Å². The molecule has 8 nitrogen and oxygen atoms in total. The first-order valence-corrected chi connectivity index (χ1v) is 18.0. The molecule has 0 heterocycles. The van der Waals surface area contributed by atoms with E-state index in [1.54, 1.807) is 61.5 Å². The van der Waals surface area contributed by atoms with Gasteiger partial charge >= 0.3 is 0 Å². The number of rotatable bonds is 15. The van der Waals surface area contributed by atoms with Gasteiger partial charge in [-0.15, -0.1) is 0 Å². The number of nitrogens with one attached hydrogen (secondary N) is 1. The van der Waals surface area contributed by atoms with Gasteiger partial charge in [-0.05, 0) is 74.7 Å². The summed E-state index contributed by atoms with van der Waals surface area (Å²) in [5.74, 6) is -0.677. The topological polar surface area (TPSA) is 96.0 Å². The van der Waals surface area contributed by atoms with Crippen LogP contribution in [0.15, 0.2) is 102 Å². The van der Waals surface area contributed by atoms with E-state index < -0.39 is 28.5 Å². The van der Waals surface area contributed by atoms with Crippen molar-refractivity contribution < 1.29 is 22.7 Å². The minimum atomic E-state index is -4.29. The third-order valence-electron chi connectivity index (χ3n) is 7.95. The lowest BCUT2D eigenvalue weighted by Gasteiger charge is -2.34. The molecule has 0 radical (unpaired) electrons. The maximum absolute atomic E-state index is 14.7. The summed E-state index contributed by atoms with van der Waals surface area (Å²) in [6.45, 7) is 7.08. The van der Waals surface area contributed by atoms with Gasteiger partial charge < -0.3 is 15.0 Å². The lowest BCUT2D eigenvalue weighted by molar-refractivity contribution is -0.140.